The Bertz CT molecular complexity index is 2910. The highest BCUT2D eigenvalue weighted by molar-refractivity contribution is 7.98. The molecule has 502 valence electrons. The third-order valence-corrected chi connectivity index (χ3v) is 15.7. The number of nitrogens with two attached hydrogens (primary N) is 3. The van der Waals surface area contributed by atoms with E-state index in [4.69, 9.17) is 17.2 Å². The average molecular weight is 1290 g/mol. The summed E-state index contributed by atoms with van der Waals surface area (Å²) in [6.07, 6.45) is 4.01. The van der Waals surface area contributed by atoms with E-state index in [0.717, 1.165) is 47.4 Å². The van der Waals surface area contributed by atoms with Crippen molar-refractivity contribution in [2.75, 3.05) is 97.1 Å². The summed E-state index contributed by atoms with van der Waals surface area (Å²) in [5.41, 5.74) is 21.1. The van der Waals surface area contributed by atoms with Crippen LogP contribution in [0.1, 0.15) is 103 Å². The van der Waals surface area contributed by atoms with E-state index >= 15 is 0 Å². The lowest BCUT2D eigenvalue weighted by molar-refractivity contribution is -0.142. The Hall–Kier alpha value is -7.34. The van der Waals surface area contributed by atoms with Crippen LogP contribution in [-0.2, 0) is 64.0 Å². The number of nitrogens with one attached hydrogen (secondary N) is 2. The van der Waals surface area contributed by atoms with Crippen molar-refractivity contribution in [3.63, 3.8) is 0 Å². The summed E-state index contributed by atoms with van der Waals surface area (Å²) in [5, 5.41) is 15.8. The van der Waals surface area contributed by atoms with Gasteiger partial charge in [-0.1, -0.05) is 131 Å². The van der Waals surface area contributed by atoms with Crippen molar-refractivity contribution in [1.29, 1.82) is 0 Å². The molecule has 91 heavy (non-hydrogen) atoms. The van der Waals surface area contributed by atoms with Crippen molar-refractivity contribution in [3.05, 3.63) is 136 Å². The third-order valence-electron chi connectivity index (χ3n) is 15.0. The number of ketones is 1. The molecule has 0 aliphatic rings. The smallest absolute Gasteiger partial charge is 0.416 e. The van der Waals surface area contributed by atoms with Crippen LogP contribution >= 0.6 is 11.8 Å². The molecule has 0 bridgehead atoms. The number of nitrogens with zero attached hydrogens (tertiary/aromatic N) is 5. The van der Waals surface area contributed by atoms with Crippen LogP contribution in [0.2, 0.25) is 0 Å². The summed E-state index contributed by atoms with van der Waals surface area (Å²) in [6.45, 7) is 16.4. The number of benzene rings is 3. The Balaban J connectivity index is 1.79. The van der Waals surface area contributed by atoms with Crippen molar-refractivity contribution in [2.45, 2.75) is 107 Å². The molecule has 0 spiro atoms. The molecular weight excluding hydrogens is 1190 g/mol. The summed E-state index contributed by atoms with van der Waals surface area (Å²) in [7, 11) is 0. The minimum atomic E-state index is -4.61. The first-order valence-corrected chi connectivity index (χ1v) is 32.6. The molecule has 19 nitrogen and oxygen atoms in total. The van der Waals surface area contributed by atoms with Gasteiger partial charge in [0.05, 0.1) is 48.9 Å². The van der Waals surface area contributed by atoms with Gasteiger partial charge < -0.3 is 57.4 Å². The number of hydrogen-bond donors (Lipinski definition) is 6. The first kappa shape index (κ1) is 77.9. The van der Waals surface area contributed by atoms with E-state index in [9.17, 15) is 56.6 Å². The largest absolute Gasteiger partial charge is 0.508 e. The van der Waals surface area contributed by atoms with Crippen LogP contribution in [0.25, 0.3) is 0 Å². The van der Waals surface area contributed by atoms with Crippen LogP contribution < -0.4 is 27.8 Å². The zero-order chi connectivity index (χ0) is 67.8. The zero-order valence-corrected chi connectivity index (χ0v) is 55.5. The molecule has 23 heteroatoms. The number of carbonyl (C=O) groups excluding carboxylic acids is 8. The van der Waals surface area contributed by atoms with Gasteiger partial charge in [0.25, 0.3) is 0 Å². The molecule has 0 radical (unpaired) electrons. The quantitative estimate of drug-likeness (QED) is 0.0244. The van der Waals surface area contributed by atoms with Gasteiger partial charge in [0, 0.05) is 90.6 Å². The van der Waals surface area contributed by atoms with E-state index in [-0.39, 0.29) is 102 Å². The topological polar surface area (TPSA) is 275 Å². The molecule has 0 aromatic heterocycles. The van der Waals surface area contributed by atoms with Crippen LogP contribution in [0.15, 0.2) is 114 Å². The third kappa shape index (κ3) is 29.2. The molecule has 1 unspecified atom stereocenters. The fourth-order valence-corrected chi connectivity index (χ4v) is 11.0. The Labute approximate surface area is 540 Å². The lowest BCUT2D eigenvalue weighted by Gasteiger charge is -2.29. The van der Waals surface area contributed by atoms with E-state index in [2.05, 4.69) is 24.5 Å². The Morgan fingerprint density at radius 3 is 1.73 bits per heavy atom. The second-order valence-electron chi connectivity index (χ2n) is 23.8. The number of thioether (sulfide) groups is 1. The lowest BCUT2D eigenvalue weighted by Crippen LogP contribution is -2.47. The summed E-state index contributed by atoms with van der Waals surface area (Å²) >= 11 is 1.36. The van der Waals surface area contributed by atoms with Gasteiger partial charge in [0.1, 0.15) is 5.75 Å². The fraction of sp³-hybridized carbons (Fsp3) is 0.529. The van der Waals surface area contributed by atoms with Crippen LogP contribution in [0, 0.1) is 29.6 Å². The number of carbonyl (C=O) groups is 8. The minimum absolute atomic E-state index is 0.00971. The molecule has 0 heterocycles. The highest BCUT2D eigenvalue weighted by atomic mass is 32.2. The number of Topliss-reactive ketones (excluding diaryl/α,β-unsaturated/α-hetero) is 1. The Morgan fingerprint density at radius 2 is 1.18 bits per heavy atom. The lowest BCUT2D eigenvalue weighted by atomic mass is 10.0. The SMILES string of the molecule is CC/C(=C\[C@H](C)C(=O)N(C/C(C)=C/[C@@H](C)C(=O)N(CC(=O)NCCCC(=O)N(CCN)CC(=O)N(CCN)CC(=O)CC(CSC)C(N)=O)Cc1ccc(C(F)(F)F)cc1)Cc1ccccc1)CN(CC(C)C)C(=O)[C@H](C)/C=C(\C)CNCCc1ccc(O)cc1. The van der Waals surface area contributed by atoms with Crippen LogP contribution in [0.4, 0.5) is 13.2 Å². The fourth-order valence-electron chi connectivity index (χ4n) is 10.3. The standard InChI is InChI=1S/C68H99F3N10O9S/c1-10-53(40-79(38-47(2)3)65(88)50(6)33-48(4)37-75-30-26-54-20-24-59(82)25-21-54)35-52(8)67(90)80(41-55-15-12-11-13-16-55)39-49(5)34-51(7)66(89)81(42-56-18-22-58(23-19-56)68(69,70)71)44-61(84)76-29-14-17-62(85)78(32-28-73)45-63(86)77(31-27-72)43-60(83)36-57(46-91-9)64(74)87/h11-13,15-16,18-25,33-35,47,50-52,57,75,82H,10,14,17,26-32,36-46,72-73H2,1-9H3,(H2,74,87)(H,76,84)/b48-33+,49-34+,53-35+/t50-,51-,52+,57?/m1/s1. The van der Waals surface area contributed by atoms with E-state index in [0.29, 0.717) is 42.9 Å². The first-order chi connectivity index (χ1) is 43.1. The number of amides is 7. The van der Waals surface area contributed by atoms with Crippen molar-refractivity contribution < 1.29 is 56.6 Å². The second kappa shape index (κ2) is 40.5. The maximum absolute atomic E-state index is 14.7. The molecule has 7 amide bonds. The molecule has 3 aromatic rings. The van der Waals surface area contributed by atoms with E-state index in [1.54, 1.807) is 43.2 Å². The van der Waals surface area contributed by atoms with E-state index in [1.165, 1.54) is 38.6 Å². The van der Waals surface area contributed by atoms with E-state index < -0.39 is 83.8 Å². The van der Waals surface area contributed by atoms with Gasteiger partial charge in [0.15, 0.2) is 5.78 Å². The summed E-state index contributed by atoms with van der Waals surface area (Å²) < 4.78 is 40.8. The van der Waals surface area contributed by atoms with Gasteiger partial charge >= 0.3 is 6.18 Å². The normalized spacial score (nSPS) is 13.4. The Kier molecular flexibility index (Phi) is 34.7. The summed E-state index contributed by atoms with van der Waals surface area (Å²) in [4.78, 5) is 116. The van der Waals surface area contributed by atoms with Gasteiger partial charge in [-0.2, -0.15) is 24.9 Å². The van der Waals surface area contributed by atoms with Crippen molar-refractivity contribution in [2.24, 2.45) is 46.8 Å². The van der Waals surface area contributed by atoms with Crippen LogP contribution in [0.3, 0.4) is 0 Å². The molecule has 3 aromatic carbocycles. The van der Waals surface area contributed by atoms with Gasteiger partial charge in [0.2, 0.25) is 41.4 Å². The number of halogens is 3. The second-order valence-corrected chi connectivity index (χ2v) is 24.7. The van der Waals surface area contributed by atoms with Gasteiger partial charge in [-0.05, 0) is 92.8 Å². The average Bonchev–Trinajstić information content (AvgIpc) is 2.56. The summed E-state index contributed by atoms with van der Waals surface area (Å²) in [6, 6.07) is 20.9. The highest BCUT2D eigenvalue weighted by Gasteiger charge is 2.31. The molecular formula is C68H99F3N10O9S. The number of phenolic OH excluding ortho intramolecular Hbond substituents is 1. The number of alkyl halides is 3. The number of primary amides is 1. The van der Waals surface area contributed by atoms with Gasteiger partial charge in [-0.25, -0.2) is 0 Å². The highest BCUT2D eigenvalue weighted by Crippen LogP contribution is 2.30. The molecule has 0 saturated carbocycles. The number of phenols is 1. The van der Waals surface area contributed by atoms with Gasteiger partial charge in [-0.3, -0.25) is 38.4 Å². The molecule has 0 fully saturated rings. The van der Waals surface area contributed by atoms with Gasteiger partial charge in [-0.15, -0.1) is 0 Å². The van der Waals surface area contributed by atoms with Crippen molar-refractivity contribution >= 4 is 58.9 Å². The van der Waals surface area contributed by atoms with E-state index in [1.807, 2.05) is 87.2 Å². The maximum atomic E-state index is 14.7. The van der Waals surface area contributed by atoms with Crippen molar-refractivity contribution in [1.82, 2.24) is 35.1 Å². The summed E-state index contributed by atoms with van der Waals surface area (Å²) in [5.74, 6) is -5.24. The zero-order valence-electron chi connectivity index (χ0n) is 54.7. The molecule has 0 aliphatic carbocycles. The molecule has 9 N–H and O–H groups in total. The number of rotatable bonds is 41. The minimum Gasteiger partial charge on any atom is -0.508 e. The number of aromatic hydroxyl groups is 1. The monoisotopic (exact) mass is 1290 g/mol. The molecule has 4 atom stereocenters. The van der Waals surface area contributed by atoms with Crippen LogP contribution in [-0.4, -0.2) is 174 Å². The predicted octanol–water partition coefficient (Wildman–Crippen LogP) is 7.12. The number of hydrogen-bond acceptors (Lipinski definition) is 13. The predicted molar refractivity (Wildman–Crippen MR) is 352 cm³/mol. The molecule has 3 rings (SSSR count). The first-order valence-electron chi connectivity index (χ1n) is 31.2. The maximum Gasteiger partial charge on any atom is 0.416 e. The molecule has 0 saturated heterocycles. The van der Waals surface area contributed by atoms with Crippen molar-refractivity contribution in [3.8, 4) is 5.75 Å². The molecule has 0 aliphatic heterocycles. The Morgan fingerprint density at radius 1 is 0.637 bits per heavy atom. The van der Waals surface area contributed by atoms with Crippen LogP contribution in [0.5, 0.6) is 5.75 Å².